The Hall–Kier alpha value is -2.16. The van der Waals surface area contributed by atoms with Gasteiger partial charge < -0.3 is 14.9 Å². The van der Waals surface area contributed by atoms with Gasteiger partial charge in [-0.15, -0.1) is 0 Å². The number of hydrogen-bond acceptors (Lipinski definition) is 3. The molecule has 2 N–H and O–H groups in total. The fraction of sp³-hybridized carbons (Fsp3) is 0.0769. The Kier molecular flexibility index (Phi) is 1.80. The van der Waals surface area contributed by atoms with E-state index in [1.54, 1.807) is 0 Å². The molecule has 4 rings (SSSR count). The maximum Gasteiger partial charge on any atom is 0.202 e. The normalized spacial score (nSPS) is 11.8. The van der Waals surface area contributed by atoms with Crippen LogP contribution in [0.4, 0.5) is 0 Å². The highest BCUT2D eigenvalue weighted by molar-refractivity contribution is 5.69. The first kappa shape index (κ1) is 9.09. The van der Waals surface area contributed by atoms with E-state index in [0.717, 1.165) is 5.56 Å². The second-order valence-electron chi connectivity index (χ2n) is 3.81. The minimum atomic E-state index is 0.142. The van der Waals surface area contributed by atoms with Gasteiger partial charge in [-0.05, 0) is 5.56 Å². The van der Waals surface area contributed by atoms with Crippen LogP contribution in [0, 0.1) is 0 Å². The second-order valence-corrected chi connectivity index (χ2v) is 3.81. The summed E-state index contributed by atoms with van der Waals surface area (Å²) in [6.45, 7) is 0. The van der Waals surface area contributed by atoms with Crippen LogP contribution in [0.25, 0.3) is 0 Å². The lowest BCUT2D eigenvalue weighted by Gasteiger charge is -2.24. The number of rotatable bonds is 2. The fourth-order valence-corrected chi connectivity index (χ4v) is 1.87. The van der Waals surface area contributed by atoms with Gasteiger partial charge >= 0.3 is 0 Å². The lowest BCUT2D eigenvalue weighted by atomic mass is 10.00. The number of fused-ring (bicyclic) bond motifs is 2. The highest BCUT2D eigenvalue weighted by Crippen LogP contribution is 2.55. The summed E-state index contributed by atoms with van der Waals surface area (Å²) < 4.78 is 5.22. The molecule has 2 aromatic carbocycles. The highest BCUT2D eigenvalue weighted by Gasteiger charge is 2.28. The summed E-state index contributed by atoms with van der Waals surface area (Å²) in [6, 6.07) is 11.2. The summed E-state index contributed by atoms with van der Waals surface area (Å²) in [5.41, 5.74) is 1.70. The predicted molar refractivity (Wildman–Crippen MR) is 59.1 cm³/mol. The van der Waals surface area contributed by atoms with Crippen molar-refractivity contribution in [2.24, 2.45) is 0 Å². The molecule has 0 amide bonds. The van der Waals surface area contributed by atoms with E-state index in [2.05, 4.69) is 0 Å². The topological polar surface area (TPSA) is 49.7 Å². The number of benzene rings is 2. The van der Waals surface area contributed by atoms with E-state index in [-0.39, 0.29) is 11.5 Å². The standard InChI is InChI=1S/C13H10O3/c14-10-7-11-12(15)13(16-11)9(10)6-8-4-2-1-3-5-8/h1-5,7,14-15H,6H2. The zero-order chi connectivity index (χ0) is 11.1. The smallest absolute Gasteiger partial charge is 0.202 e. The first-order chi connectivity index (χ1) is 7.75. The summed E-state index contributed by atoms with van der Waals surface area (Å²) >= 11 is 0. The van der Waals surface area contributed by atoms with E-state index in [1.807, 2.05) is 30.3 Å². The van der Waals surface area contributed by atoms with Gasteiger partial charge in [0, 0.05) is 18.1 Å². The molecule has 80 valence electrons. The molecule has 2 aliphatic rings. The van der Waals surface area contributed by atoms with E-state index in [4.69, 9.17) is 4.74 Å². The van der Waals surface area contributed by atoms with Gasteiger partial charge in [-0.25, -0.2) is 0 Å². The van der Waals surface area contributed by atoms with Crippen molar-refractivity contribution in [1.82, 2.24) is 0 Å². The molecular weight excluding hydrogens is 204 g/mol. The Morgan fingerprint density at radius 2 is 1.81 bits per heavy atom. The van der Waals surface area contributed by atoms with E-state index in [0.29, 0.717) is 23.5 Å². The summed E-state index contributed by atoms with van der Waals surface area (Å²) in [7, 11) is 0. The third kappa shape index (κ3) is 1.21. The van der Waals surface area contributed by atoms with Crippen LogP contribution in [0.5, 0.6) is 23.0 Å². The van der Waals surface area contributed by atoms with Crippen molar-refractivity contribution in [2.75, 3.05) is 0 Å². The quantitative estimate of drug-likeness (QED) is 0.645. The minimum Gasteiger partial charge on any atom is -0.507 e. The highest BCUT2D eigenvalue weighted by atomic mass is 16.5. The van der Waals surface area contributed by atoms with Gasteiger partial charge in [0.15, 0.2) is 11.5 Å². The molecule has 0 saturated heterocycles. The van der Waals surface area contributed by atoms with Gasteiger partial charge in [-0.1, -0.05) is 30.3 Å². The Morgan fingerprint density at radius 3 is 2.50 bits per heavy atom. The summed E-state index contributed by atoms with van der Waals surface area (Å²) in [5.74, 6) is 1.07. The Balaban J connectivity index is 2.00. The van der Waals surface area contributed by atoms with Crippen molar-refractivity contribution in [3.05, 3.63) is 47.5 Å². The zero-order valence-electron chi connectivity index (χ0n) is 8.47. The van der Waals surface area contributed by atoms with Crippen LogP contribution in [0.3, 0.4) is 0 Å². The summed E-state index contributed by atoms with van der Waals surface area (Å²) in [6.07, 6.45) is 0.551. The van der Waals surface area contributed by atoms with Crippen molar-refractivity contribution >= 4 is 0 Å². The van der Waals surface area contributed by atoms with Crippen LogP contribution in [-0.4, -0.2) is 10.2 Å². The van der Waals surface area contributed by atoms with Crippen LogP contribution in [0.15, 0.2) is 36.4 Å². The molecule has 0 saturated carbocycles. The van der Waals surface area contributed by atoms with Crippen molar-refractivity contribution in [3.8, 4) is 23.0 Å². The molecule has 2 aliphatic heterocycles. The van der Waals surface area contributed by atoms with Gasteiger partial charge in [-0.3, -0.25) is 0 Å². The maximum absolute atomic E-state index is 9.73. The third-order valence-electron chi connectivity index (χ3n) is 2.74. The van der Waals surface area contributed by atoms with E-state index >= 15 is 0 Å². The Labute approximate surface area is 92.5 Å². The van der Waals surface area contributed by atoms with Gasteiger partial charge in [0.25, 0.3) is 0 Å². The van der Waals surface area contributed by atoms with Gasteiger partial charge in [0.1, 0.15) is 5.75 Å². The minimum absolute atomic E-state index is 0.142. The van der Waals surface area contributed by atoms with Crippen LogP contribution in [0.1, 0.15) is 11.1 Å². The molecule has 2 heterocycles. The van der Waals surface area contributed by atoms with Crippen LogP contribution < -0.4 is 4.74 Å². The number of hydrogen-bond donors (Lipinski definition) is 2. The molecule has 2 aromatic rings. The van der Waals surface area contributed by atoms with E-state index in [1.165, 1.54) is 6.07 Å². The van der Waals surface area contributed by atoms with Gasteiger partial charge in [0.2, 0.25) is 5.75 Å². The number of phenolic OH excluding ortho intramolecular Hbond substituents is 2. The van der Waals surface area contributed by atoms with E-state index in [9.17, 15) is 10.2 Å². The Morgan fingerprint density at radius 1 is 1.06 bits per heavy atom. The van der Waals surface area contributed by atoms with Crippen molar-refractivity contribution in [2.45, 2.75) is 6.42 Å². The summed E-state index contributed by atoms with van der Waals surface area (Å²) in [4.78, 5) is 0. The van der Waals surface area contributed by atoms with Crippen molar-refractivity contribution in [1.29, 1.82) is 0 Å². The molecule has 2 bridgehead atoms. The van der Waals surface area contributed by atoms with Crippen LogP contribution in [-0.2, 0) is 6.42 Å². The van der Waals surface area contributed by atoms with Crippen LogP contribution >= 0.6 is 0 Å². The number of phenols is 2. The average molecular weight is 214 g/mol. The zero-order valence-corrected chi connectivity index (χ0v) is 8.47. The molecule has 0 atom stereocenters. The largest absolute Gasteiger partial charge is 0.507 e. The molecular formula is C13H10O3. The molecule has 3 nitrogen and oxygen atoms in total. The first-order valence-corrected chi connectivity index (χ1v) is 5.05. The lowest BCUT2D eigenvalue weighted by Crippen LogP contribution is -2.03. The maximum atomic E-state index is 9.73. The second kappa shape index (κ2) is 3.17. The number of aromatic hydroxyl groups is 2. The van der Waals surface area contributed by atoms with E-state index < -0.39 is 0 Å². The molecule has 0 unspecified atom stereocenters. The molecule has 3 heteroatoms. The third-order valence-corrected chi connectivity index (χ3v) is 2.74. The Bertz CT molecular complexity index is 547. The molecule has 0 spiro atoms. The molecule has 0 fully saturated rings. The average Bonchev–Trinajstić information content (AvgIpc) is 2.32. The first-order valence-electron chi connectivity index (χ1n) is 5.05. The van der Waals surface area contributed by atoms with Gasteiger partial charge in [-0.2, -0.15) is 0 Å². The summed E-state index contributed by atoms with van der Waals surface area (Å²) in [5, 5.41) is 19.3. The molecule has 16 heavy (non-hydrogen) atoms. The molecule has 0 aromatic heterocycles. The monoisotopic (exact) mass is 214 g/mol. The van der Waals surface area contributed by atoms with Crippen molar-refractivity contribution < 1.29 is 14.9 Å². The van der Waals surface area contributed by atoms with Gasteiger partial charge in [0.05, 0.1) is 0 Å². The van der Waals surface area contributed by atoms with Crippen molar-refractivity contribution in [3.63, 3.8) is 0 Å². The predicted octanol–water partition coefficient (Wildman–Crippen LogP) is 2.79. The number of ether oxygens (including phenoxy) is 1. The lowest BCUT2D eigenvalue weighted by molar-refractivity contribution is 0.322. The fourth-order valence-electron chi connectivity index (χ4n) is 1.87. The molecule has 0 aliphatic carbocycles. The SMILES string of the molecule is Oc1cc2c(O)c(c1Cc1ccccc1)O2. The van der Waals surface area contributed by atoms with Crippen LogP contribution in [0.2, 0.25) is 0 Å². The molecule has 0 radical (unpaired) electrons.